The van der Waals surface area contributed by atoms with E-state index >= 15 is 0 Å². The summed E-state index contributed by atoms with van der Waals surface area (Å²) in [5.74, 6) is 0.222. The number of halogens is 1. The summed E-state index contributed by atoms with van der Waals surface area (Å²) in [7, 11) is 0. The van der Waals surface area contributed by atoms with E-state index < -0.39 is 0 Å². The highest BCUT2D eigenvalue weighted by atomic mass is 79.9. The summed E-state index contributed by atoms with van der Waals surface area (Å²) in [4.78, 5) is 14.5. The molecule has 0 saturated carbocycles. The van der Waals surface area contributed by atoms with E-state index in [1.807, 2.05) is 30.3 Å². The molecule has 20 heavy (non-hydrogen) atoms. The van der Waals surface area contributed by atoms with E-state index in [9.17, 15) is 4.79 Å². The molecule has 1 saturated heterocycles. The Labute approximate surface area is 127 Å². The smallest absolute Gasteiger partial charge is 0.243 e. The Kier molecular flexibility index (Phi) is 5.02. The zero-order valence-corrected chi connectivity index (χ0v) is 13.1. The van der Waals surface area contributed by atoms with Crippen molar-refractivity contribution in [2.24, 2.45) is 5.92 Å². The van der Waals surface area contributed by atoms with Crippen LogP contribution in [0.15, 0.2) is 28.7 Å². The Bertz CT molecular complexity index is 526. The molecule has 2 rings (SSSR count). The fraction of sp³-hybridized carbons (Fsp3) is 0.467. The lowest BCUT2D eigenvalue weighted by Crippen LogP contribution is -2.53. The van der Waals surface area contributed by atoms with Gasteiger partial charge in [0.2, 0.25) is 5.91 Å². The van der Waals surface area contributed by atoms with Crippen molar-refractivity contribution in [1.82, 2.24) is 5.32 Å². The standard InChI is InChI=1S/C15H18BrN3O/c1-11-4-3-9-19(13-6-2-5-12(16)10-13)14(11)15(20)18-8-7-17/h2,5-6,10-11,14H,3-4,8-9H2,1H3,(H,18,20). The number of carbonyl (C=O) groups is 1. The minimum absolute atomic E-state index is 0.0567. The zero-order valence-electron chi connectivity index (χ0n) is 11.5. The lowest BCUT2D eigenvalue weighted by Gasteiger charge is -2.40. The number of nitriles is 1. The van der Waals surface area contributed by atoms with Crippen LogP contribution in [0.5, 0.6) is 0 Å². The van der Waals surface area contributed by atoms with Gasteiger partial charge in [0.1, 0.15) is 12.6 Å². The molecule has 1 heterocycles. The van der Waals surface area contributed by atoms with Gasteiger partial charge in [-0.25, -0.2) is 0 Å². The van der Waals surface area contributed by atoms with Crippen LogP contribution in [-0.2, 0) is 4.79 Å². The van der Waals surface area contributed by atoms with Crippen LogP contribution in [0.25, 0.3) is 0 Å². The van der Waals surface area contributed by atoms with E-state index in [-0.39, 0.29) is 24.4 Å². The maximum absolute atomic E-state index is 12.3. The molecule has 0 aromatic heterocycles. The van der Waals surface area contributed by atoms with Crippen LogP contribution in [0.2, 0.25) is 0 Å². The SMILES string of the molecule is CC1CCCN(c2cccc(Br)c2)C1C(=O)NCC#N. The molecule has 106 valence electrons. The van der Waals surface area contributed by atoms with Crippen LogP contribution >= 0.6 is 15.9 Å². The molecule has 1 fully saturated rings. The number of hydrogen-bond donors (Lipinski definition) is 1. The summed E-state index contributed by atoms with van der Waals surface area (Å²) in [6, 6.07) is 9.76. The first-order valence-corrected chi connectivity index (χ1v) is 7.59. The molecule has 0 aliphatic carbocycles. The average Bonchev–Trinajstić information content (AvgIpc) is 2.44. The van der Waals surface area contributed by atoms with Crippen molar-refractivity contribution in [3.05, 3.63) is 28.7 Å². The zero-order chi connectivity index (χ0) is 14.5. The van der Waals surface area contributed by atoms with E-state index in [4.69, 9.17) is 5.26 Å². The molecule has 1 aromatic rings. The maximum Gasteiger partial charge on any atom is 0.243 e. The fourth-order valence-electron chi connectivity index (χ4n) is 2.76. The van der Waals surface area contributed by atoms with Crippen LogP contribution < -0.4 is 10.2 Å². The molecular weight excluding hydrogens is 318 g/mol. The lowest BCUT2D eigenvalue weighted by molar-refractivity contribution is -0.123. The first-order chi connectivity index (χ1) is 9.63. The van der Waals surface area contributed by atoms with Gasteiger partial charge in [0.15, 0.2) is 0 Å². The van der Waals surface area contributed by atoms with Gasteiger partial charge in [-0.2, -0.15) is 5.26 Å². The van der Waals surface area contributed by atoms with Crippen LogP contribution in [0.4, 0.5) is 5.69 Å². The number of anilines is 1. The van der Waals surface area contributed by atoms with Crippen molar-refractivity contribution >= 4 is 27.5 Å². The third-order valence-electron chi connectivity index (χ3n) is 3.68. The summed E-state index contributed by atoms with van der Waals surface area (Å²) < 4.78 is 1.00. The monoisotopic (exact) mass is 335 g/mol. The van der Waals surface area contributed by atoms with E-state index in [1.165, 1.54) is 0 Å². The second kappa shape index (κ2) is 6.76. The van der Waals surface area contributed by atoms with Crippen molar-refractivity contribution in [1.29, 1.82) is 5.26 Å². The minimum atomic E-state index is -0.202. The second-order valence-corrected chi connectivity index (χ2v) is 6.03. The normalized spacial score (nSPS) is 22.1. The maximum atomic E-state index is 12.3. The molecule has 2 unspecified atom stereocenters. The molecule has 1 aliphatic rings. The highest BCUT2D eigenvalue weighted by molar-refractivity contribution is 9.10. The first-order valence-electron chi connectivity index (χ1n) is 6.80. The topological polar surface area (TPSA) is 56.1 Å². The van der Waals surface area contributed by atoms with Gasteiger partial charge >= 0.3 is 0 Å². The Hall–Kier alpha value is -1.54. The third kappa shape index (κ3) is 3.31. The summed E-state index contributed by atoms with van der Waals surface area (Å²) in [5.41, 5.74) is 1.04. The lowest BCUT2D eigenvalue weighted by atomic mass is 9.89. The van der Waals surface area contributed by atoms with E-state index in [0.717, 1.165) is 29.5 Å². The van der Waals surface area contributed by atoms with Crippen LogP contribution in [0, 0.1) is 17.2 Å². The molecular formula is C15H18BrN3O. The van der Waals surface area contributed by atoms with Gasteiger partial charge in [-0.3, -0.25) is 4.79 Å². The molecule has 0 radical (unpaired) electrons. The van der Waals surface area contributed by atoms with Crippen molar-refractivity contribution in [3.8, 4) is 6.07 Å². The third-order valence-corrected chi connectivity index (χ3v) is 4.18. The Morgan fingerprint density at radius 1 is 1.60 bits per heavy atom. The average molecular weight is 336 g/mol. The number of carbonyl (C=O) groups excluding carboxylic acids is 1. The summed E-state index contributed by atoms with van der Waals surface area (Å²) >= 11 is 3.47. The number of hydrogen-bond acceptors (Lipinski definition) is 3. The van der Waals surface area contributed by atoms with Crippen molar-refractivity contribution in [2.45, 2.75) is 25.8 Å². The molecule has 1 amide bonds. The fourth-order valence-corrected chi connectivity index (χ4v) is 3.15. The Balaban J connectivity index is 2.24. The molecule has 1 aliphatic heterocycles. The molecule has 2 atom stereocenters. The highest BCUT2D eigenvalue weighted by Crippen LogP contribution is 2.30. The molecule has 4 nitrogen and oxygen atoms in total. The number of nitrogens with one attached hydrogen (secondary N) is 1. The Morgan fingerprint density at radius 2 is 2.40 bits per heavy atom. The molecule has 0 spiro atoms. The van der Waals surface area contributed by atoms with Crippen molar-refractivity contribution in [2.75, 3.05) is 18.0 Å². The number of benzene rings is 1. The van der Waals surface area contributed by atoms with Gasteiger partial charge in [-0.05, 0) is 37.0 Å². The minimum Gasteiger partial charge on any atom is -0.359 e. The van der Waals surface area contributed by atoms with Gasteiger partial charge in [-0.15, -0.1) is 0 Å². The predicted molar refractivity (Wildman–Crippen MR) is 82.3 cm³/mol. The van der Waals surface area contributed by atoms with Crippen molar-refractivity contribution < 1.29 is 4.79 Å². The van der Waals surface area contributed by atoms with Gasteiger partial charge in [-0.1, -0.05) is 28.9 Å². The number of rotatable bonds is 3. The predicted octanol–water partition coefficient (Wildman–Crippen LogP) is 2.69. The Morgan fingerprint density at radius 3 is 3.10 bits per heavy atom. The summed E-state index contributed by atoms with van der Waals surface area (Å²) in [6.07, 6.45) is 2.12. The van der Waals surface area contributed by atoms with E-state index in [1.54, 1.807) is 0 Å². The van der Waals surface area contributed by atoms with Crippen LogP contribution in [-0.4, -0.2) is 25.0 Å². The van der Waals surface area contributed by atoms with Crippen LogP contribution in [0.1, 0.15) is 19.8 Å². The number of nitrogens with zero attached hydrogens (tertiary/aromatic N) is 2. The van der Waals surface area contributed by atoms with Crippen molar-refractivity contribution in [3.63, 3.8) is 0 Å². The summed E-state index contributed by atoms with van der Waals surface area (Å²) in [6.45, 7) is 3.03. The van der Waals surface area contributed by atoms with Crippen LogP contribution in [0.3, 0.4) is 0 Å². The van der Waals surface area contributed by atoms with Gasteiger partial charge < -0.3 is 10.2 Å². The largest absolute Gasteiger partial charge is 0.359 e. The highest BCUT2D eigenvalue weighted by Gasteiger charge is 2.34. The number of piperidine rings is 1. The van der Waals surface area contributed by atoms with Gasteiger partial charge in [0, 0.05) is 16.7 Å². The molecule has 5 heteroatoms. The van der Waals surface area contributed by atoms with Gasteiger partial charge in [0.05, 0.1) is 6.07 Å². The second-order valence-electron chi connectivity index (χ2n) is 5.11. The molecule has 1 N–H and O–H groups in total. The molecule has 1 aromatic carbocycles. The van der Waals surface area contributed by atoms with E-state index in [2.05, 4.69) is 33.1 Å². The first kappa shape index (κ1) is 14.9. The molecule has 0 bridgehead atoms. The van der Waals surface area contributed by atoms with Gasteiger partial charge in [0.25, 0.3) is 0 Å². The number of amides is 1. The summed E-state index contributed by atoms with van der Waals surface area (Å²) in [5, 5.41) is 11.3. The van der Waals surface area contributed by atoms with E-state index in [0.29, 0.717) is 0 Å². The quantitative estimate of drug-likeness (QED) is 0.864.